The third-order valence-electron chi connectivity index (χ3n) is 9.92. The van der Waals surface area contributed by atoms with E-state index < -0.39 is 120 Å². The molecule has 21 heteroatoms. The van der Waals surface area contributed by atoms with Gasteiger partial charge in [-0.3, -0.25) is 4.79 Å². The Hall–Kier alpha value is -3.54. The number of amides is 4. The number of hydrogen-bond acceptors (Lipinski definition) is 17. The quantitative estimate of drug-likeness (QED) is 0.0809. The predicted octanol–water partition coefficient (Wildman–Crippen LogP) is 0.727. The number of carbonyl (C=O) groups is 4. The molecule has 0 aromatic heterocycles. The maximum atomic E-state index is 13.5. The Kier molecular flexibility index (Phi) is 18.6. The number of aliphatic hydroxyl groups is 5. The number of nitrogens with one attached hydrogen (secondary N) is 4. The molecular formula is C41H73N5O16. The van der Waals surface area contributed by atoms with Crippen LogP contribution in [0.3, 0.4) is 0 Å². The minimum atomic E-state index is -1.80. The van der Waals surface area contributed by atoms with Crippen molar-refractivity contribution in [3.63, 3.8) is 0 Å². The van der Waals surface area contributed by atoms with Crippen LogP contribution in [0.1, 0.15) is 95.4 Å². The fourth-order valence-corrected chi connectivity index (χ4v) is 7.23. The molecule has 4 amide bonds. The maximum Gasteiger partial charge on any atom is 0.410 e. The van der Waals surface area contributed by atoms with E-state index in [9.17, 15) is 44.7 Å². The first kappa shape index (κ1) is 52.8. The number of likely N-dealkylation sites (N-methyl/N-ethyl adjacent to an activating group) is 1. The molecule has 0 aromatic carbocycles. The van der Waals surface area contributed by atoms with Crippen molar-refractivity contribution < 1.29 is 77.9 Å². The van der Waals surface area contributed by atoms with Gasteiger partial charge in [-0.2, -0.15) is 0 Å². The lowest BCUT2D eigenvalue weighted by Gasteiger charge is -2.50. The van der Waals surface area contributed by atoms with Crippen molar-refractivity contribution in [1.29, 1.82) is 0 Å². The van der Waals surface area contributed by atoms with Crippen LogP contribution in [-0.2, 0) is 38.0 Å². The first-order valence-electron chi connectivity index (χ1n) is 21.1. The van der Waals surface area contributed by atoms with E-state index in [1.807, 2.05) is 0 Å². The monoisotopic (exact) mass is 892 g/mol. The molecule has 0 aromatic rings. The zero-order valence-corrected chi connectivity index (χ0v) is 38.3. The summed E-state index contributed by atoms with van der Waals surface area (Å²) in [5.74, 6) is -0.966. The summed E-state index contributed by atoms with van der Waals surface area (Å²) in [5, 5.41) is 66.4. The third-order valence-corrected chi connectivity index (χ3v) is 9.92. The van der Waals surface area contributed by atoms with E-state index in [2.05, 4.69) is 21.3 Å². The number of carbonyl (C=O) groups excluding carboxylic acids is 4. The van der Waals surface area contributed by atoms with Gasteiger partial charge in [-0.25, -0.2) is 14.4 Å². The lowest BCUT2D eigenvalue weighted by molar-refractivity contribution is -0.313. The zero-order chi connectivity index (χ0) is 47.0. The molecule has 2 aliphatic heterocycles. The van der Waals surface area contributed by atoms with Crippen molar-refractivity contribution in [2.75, 3.05) is 39.9 Å². The van der Waals surface area contributed by atoms with Crippen LogP contribution in [0, 0.1) is 5.92 Å². The van der Waals surface area contributed by atoms with Gasteiger partial charge in [0.1, 0.15) is 52.6 Å². The fraction of sp³-hybridized carbons (Fsp3) is 0.854. The maximum absolute atomic E-state index is 13.5. The molecule has 2 unspecified atom stereocenters. The van der Waals surface area contributed by atoms with Gasteiger partial charge in [0.25, 0.3) is 0 Å². The Bertz CT molecular complexity index is 1530. The van der Waals surface area contributed by atoms with Crippen LogP contribution in [0.5, 0.6) is 0 Å². The Morgan fingerprint density at radius 1 is 0.871 bits per heavy atom. The molecule has 1 saturated carbocycles. The molecule has 0 radical (unpaired) electrons. The zero-order valence-electron chi connectivity index (χ0n) is 38.3. The highest BCUT2D eigenvalue weighted by molar-refractivity contribution is 5.81. The molecule has 358 valence electrons. The average molecular weight is 892 g/mol. The second-order valence-corrected chi connectivity index (χ2v) is 19.4. The molecule has 1 aliphatic carbocycles. The first-order chi connectivity index (χ1) is 28.5. The van der Waals surface area contributed by atoms with Crippen LogP contribution in [-0.4, -0.2) is 178 Å². The van der Waals surface area contributed by atoms with Gasteiger partial charge in [-0.1, -0.05) is 6.92 Å². The number of alkyl carbamates (subject to hydrolysis) is 2. The van der Waals surface area contributed by atoms with E-state index in [0.717, 1.165) is 4.90 Å². The molecule has 62 heavy (non-hydrogen) atoms. The largest absolute Gasteiger partial charge is 0.466 e. The normalized spacial score (nSPS) is 31.1. The Balaban J connectivity index is 1.93. The summed E-state index contributed by atoms with van der Waals surface area (Å²) in [6.45, 7) is 18.2. The van der Waals surface area contributed by atoms with E-state index in [1.165, 1.54) is 14.0 Å². The molecule has 3 aliphatic rings. The first-order valence-corrected chi connectivity index (χ1v) is 21.1. The van der Waals surface area contributed by atoms with Crippen LogP contribution in [0.2, 0.25) is 0 Å². The van der Waals surface area contributed by atoms with Gasteiger partial charge >= 0.3 is 18.3 Å². The van der Waals surface area contributed by atoms with Crippen molar-refractivity contribution in [2.45, 2.75) is 179 Å². The molecule has 3 rings (SSSR count). The van der Waals surface area contributed by atoms with Crippen molar-refractivity contribution in [2.24, 2.45) is 5.92 Å². The summed E-state index contributed by atoms with van der Waals surface area (Å²) >= 11 is 0. The molecule has 12 atom stereocenters. The van der Waals surface area contributed by atoms with Gasteiger partial charge in [0.05, 0.1) is 44.0 Å². The summed E-state index contributed by atoms with van der Waals surface area (Å²) in [6, 6.07) is -3.20. The molecule has 2 fully saturated rings. The van der Waals surface area contributed by atoms with E-state index in [1.54, 1.807) is 75.3 Å². The summed E-state index contributed by atoms with van der Waals surface area (Å²) in [5.41, 5.74) is -4.28. The highest BCUT2D eigenvalue weighted by Crippen LogP contribution is 2.36. The van der Waals surface area contributed by atoms with Gasteiger partial charge in [0.15, 0.2) is 6.29 Å². The predicted molar refractivity (Wildman–Crippen MR) is 221 cm³/mol. The Labute approximate surface area is 364 Å². The van der Waals surface area contributed by atoms with Crippen LogP contribution >= 0.6 is 0 Å². The van der Waals surface area contributed by atoms with Crippen molar-refractivity contribution in [3.8, 4) is 0 Å². The molecule has 21 nitrogen and oxygen atoms in total. The number of ether oxygens (including phenoxy) is 7. The van der Waals surface area contributed by atoms with Gasteiger partial charge < -0.3 is 84.9 Å². The highest BCUT2D eigenvalue weighted by atomic mass is 16.7. The second-order valence-electron chi connectivity index (χ2n) is 19.4. The number of rotatable bonds is 15. The molecular weight excluding hydrogens is 818 g/mol. The number of aliphatic hydroxyl groups excluding tert-OH is 4. The SMILES string of the molecule is C[C@H]1C[C@@H](NC(=O)[C@@H](O)CCNC(=O)OC(C)(C)C)[C@H](O[C@H]2OC[C@](C)(O)C(N(C)C(=O)OC(C)(C)C)[C@H]2O)[C@@H](O)[C@@H]1O[C@H]1OC(CNCCO)=CCC1NC(=O)OC(C)(C)C. The van der Waals surface area contributed by atoms with E-state index in [0.29, 0.717) is 5.76 Å². The van der Waals surface area contributed by atoms with Gasteiger partial charge in [-0.15, -0.1) is 0 Å². The summed E-state index contributed by atoms with van der Waals surface area (Å²) in [7, 11) is 1.34. The standard InChI is InChI=1S/C41H73N5O16/c1-22-19-25(44-32(51)26(48)15-16-43-35(52)60-38(2,3)4)30(59-34-28(50)31(41(11,55)21-56-34)46(12)37(54)62-40(8,9)10)27(49)29(22)58-33-24(45-36(53)61-39(5,6)7)14-13-23(57-33)20-42-17-18-47/h13,22,24-31,33-34,42,47-50,55H,14-21H2,1-12H3,(H,43,52)(H,44,51)(H,45,53)/t22-,24?,25+,26-,27-,28+,29+,30-,31?,33+,34+,41-/m0/s1. The molecule has 0 spiro atoms. The third kappa shape index (κ3) is 16.2. The van der Waals surface area contributed by atoms with Gasteiger partial charge in [0.2, 0.25) is 12.2 Å². The smallest absolute Gasteiger partial charge is 0.410 e. The highest BCUT2D eigenvalue weighted by Gasteiger charge is 2.54. The molecule has 1 saturated heterocycles. The molecule has 2 heterocycles. The topological polar surface area (TPSA) is 285 Å². The van der Waals surface area contributed by atoms with Crippen molar-refractivity contribution >= 4 is 24.2 Å². The molecule has 9 N–H and O–H groups in total. The lowest BCUT2D eigenvalue weighted by atomic mass is 9.79. The van der Waals surface area contributed by atoms with Crippen LogP contribution in [0.15, 0.2) is 11.8 Å². The lowest BCUT2D eigenvalue weighted by Crippen LogP contribution is -2.69. The summed E-state index contributed by atoms with van der Waals surface area (Å²) < 4.78 is 41.0. The number of hydrogen-bond donors (Lipinski definition) is 9. The van der Waals surface area contributed by atoms with E-state index in [4.69, 9.17) is 33.2 Å². The summed E-state index contributed by atoms with van der Waals surface area (Å²) in [6.07, 6.45) is -10.7. The Morgan fingerprint density at radius 3 is 2.06 bits per heavy atom. The average Bonchev–Trinajstić information content (AvgIpc) is 3.11. The van der Waals surface area contributed by atoms with Crippen molar-refractivity contribution in [3.05, 3.63) is 11.8 Å². The van der Waals surface area contributed by atoms with E-state index >= 15 is 0 Å². The minimum absolute atomic E-state index is 0.0699. The van der Waals surface area contributed by atoms with Crippen LogP contribution in [0.4, 0.5) is 14.4 Å². The molecule has 0 bridgehead atoms. The fourth-order valence-electron chi connectivity index (χ4n) is 7.23. The second kappa shape index (κ2) is 21.9. The summed E-state index contributed by atoms with van der Waals surface area (Å²) in [4.78, 5) is 52.8. The Morgan fingerprint density at radius 2 is 1.47 bits per heavy atom. The van der Waals surface area contributed by atoms with E-state index in [-0.39, 0.29) is 45.5 Å². The van der Waals surface area contributed by atoms with Gasteiger partial charge in [-0.05, 0) is 100 Å². The van der Waals surface area contributed by atoms with Gasteiger partial charge in [0, 0.05) is 20.1 Å². The van der Waals surface area contributed by atoms with Crippen molar-refractivity contribution in [1.82, 2.24) is 26.2 Å². The number of nitrogens with zero attached hydrogens (tertiary/aromatic N) is 1. The van der Waals surface area contributed by atoms with Crippen LogP contribution < -0.4 is 21.3 Å². The minimum Gasteiger partial charge on any atom is -0.466 e. The van der Waals surface area contributed by atoms with Crippen LogP contribution in [0.25, 0.3) is 0 Å².